The van der Waals surface area contributed by atoms with Gasteiger partial charge in [0.25, 0.3) is 5.56 Å². The quantitative estimate of drug-likeness (QED) is 0.667. The molecule has 0 bridgehead atoms. The minimum Gasteiger partial charge on any atom is -0.493 e. The Hall–Kier alpha value is -3.26. The number of aromatic amines is 1. The summed E-state index contributed by atoms with van der Waals surface area (Å²) in [6.07, 6.45) is 0.832. The van der Waals surface area contributed by atoms with Gasteiger partial charge in [0.05, 0.1) is 45.9 Å². The molecule has 0 radical (unpaired) electrons. The van der Waals surface area contributed by atoms with Crippen LogP contribution in [0.1, 0.15) is 17.0 Å². The predicted molar refractivity (Wildman–Crippen MR) is 113 cm³/mol. The minimum absolute atomic E-state index is 0.195. The van der Waals surface area contributed by atoms with E-state index in [2.05, 4.69) is 20.9 Å². The molecule has 8 heteroatoms. The second-order valence-electron chi connectivity index (χ2n) is 7.14. The molecule has 4 rings (SSSR count). The lowest BCUT2D eigenvalue weighted by Gasteiger charge is -2.29. The molecule has 1 N–H and O–H groups in total. The largest absolute Gasteiger partial charge is 0.493 e. The van der Waals surface area contributed by atoms with Crippen LogP contribution in [0.3, 0.4) is 0 Å². The van der Waals surface area contributed by atoms with Gasteiger partial charge >= 0.3 is 0 Å². The normalized spacial score (nSPS) is 13.7. The van der Waals surface area contributed by atoms with Crippen molar-refractivity contribution in [1.29, 1.82) is 0 Å². The van der Waals surface area contributed by atoms with Crippen LogP contribution in [0.4, 0.5) is 0 Å². The molecule has 0 unspecified atom stereocenters. The van der Waals surface area contributed by atoms with E-state index in [1.54, 1.807) is 40.6 Å². The molecule has 30 heavy (non-hydrogen) atoms. The van der Waals surface area contributed by atoms with Crippen molar-refractivity contribution in [3.8, 4) is 23.0 Å². The predicted octanol–water partition coefficient (Wildman–Crippen LogP) is 2.52. The van der Waals surface area contributed by atoms with Gasteiger partial charge in [-0.1, -0.05) is 6.07 Å². The monoisotopic (exact) mass is 411 g/mol. The zero-order valence-electron chi connectivity index (χ0n) is 17.6. The molecule has 1 aliphatic rings. The first-order chi connectivity index (χ1) is 14.6. The summed E-state index contributed by atoms with van der Waals surface area (Å²) in [7, 11) is 6.41. The highest BCUT2D eigenvalue weighted by molar-refractivity contribution is 5.81. The fourth-order valence-electron chi connectivity index (χ4n) is 3.98. The van der Waals surface area contributed by atoms with Crippen LogP contribution >= 0.6 is 0 Å². The summed E-state index contributed by atoms with van der Waals surface area (Å²) < 4.78 is 21.6. The molecule has 0 amide bonds. The first-order valence-electron chi connectivity index (χ1n) is 9.68. The number of nitrogens with one attached hydrogen (secondary N) is 1. The van der Waals surface area contributed by atoms with Crippen LogP contribution in [0.25, 0.3) is 10.9 Å². The molecule has 0 aliphatic carbocycles. The van der Waals surface area contributed by atoms with Gasteiger partial charge in [0, 0.05) is 24.7 Å². The number of fused-ring (bicyclic) bond motifs is 2. The summed E-state index contributed by atoms with van der Waals surface area (Å²) in [6.45, 7) is 2.10. The number of benzene rings is 2. The van der Waals surface area contributed by atoms with Crippen molar-refractivity contribution < 1.29 is 18.9 Å². The maximum absolute atomic E-state index is 12.6. The average molecular weight is 411 g/mol. The van der Waals surface area contributed by atoms with Crippen LogP contribution < -0.4 is 24.5 Å². The van der Waals surface area contributed by atoms with Crippen molar-refractivity contribution in [2.45, 2.75) is 19.5 Å². The maximum atomic E-state index is 12.6. The number of aromatic nitrogens is 2. The molecule has 1 aromatic heterocycles. The van der Waals surface area contributed by atoms with Gasteiger partial charge in [-0.25, -0.2) is 4.98 Å². The van der Waals surface area contributed by atoms with Crippen molar-refractivity contribution in [2.24, 2.45) is 0 Å². The molecule has 2 heterocycles. The highest BCUT2D eigenvalue weighted by atomic mass is 16.5. The van der Waals surface area contributed by atoms with E-state index < -0.39 is 0 Å². The van der Waals surface area contributed by atoms with Crippen LogP contribution in [-0.4, -0.2) is 49.9 Å². The molecule has 3 aromatic rings. The second kappa shape index (κ2) is 8.23. The zero-order valence-corrected chi connectivity index (χ0v) is 17.6. The molecule has 0 saturated carbocycles. The van der Waals surface area contributed by atoms with E-state index in [-0.39, 0.29) is 5.56 Å². The van der Waals surface area contributed by atoms with E-state index in [9.17, 15) is 4.79 Å². The molecular weight excluding hydrogens is 386 g/mol. The molecule has 1 aliphatic heterocycles. The lowest BCUT2D eigenvalue weighted by atomic mass is 9.98. The Kier molecular flexibility index (Phi) is 5.50. The Balaban J connectivity index is 1.62. The Labute approximate surface area is 174 Å². The number of nitrogens with zero attached hydrogens (tertiary/aromatic N) is 2. The van der Waals surface area contributed by atoms with Gasteiger partial charge in [-0.05, 0) is 24.1 Å². The Morgan fingerprint density at radius 1 is 1.00 bits per heavy atom. The number of rotatable bonds is 6. The highest BCUT2D eigenvalue weighted by Gasteiger charge is 2.23. The SMILES string of the molecule is COc1cc2nc(CN3CCc4c(ccc(OC)c4OC)C3)[nH]c(=O)c2cc1OC. The first kappa shape index (κ1) is 20.0. The third kappa shape index (κ3) is 3.54. The summed E-state index contributed by atoms with van der Waals surface area (Å²) in [5, 5.41) is 0.470. The summed E-state index contributed by atoms with van der Waals surface area (Å²) in [5.74, 6) is 3.20. The van der Waals surface area contributed by atoms with Gasteiger partial charge in [-0.15, -0.1) is 0 Å². The maximum Gasteiger partial charge on any atom is 0.258 e. The van der Waals surface area contributed by atoms with E-state index >= 15 is 0 Å². The fraction of sp³-hybridized carbons (Fsp3) is 0.364. The van der Waals surface area contributed by atoms with Crippen LogP contribution in [0.15, 0.2) is 29.1 Å². The molecule has 8 nitrogen and oxygen atoms in total. The van der Waals surface area contributed by atoms with E-state index in [0.717, 1.165) is 31.0 Å². The van der Waals surface area contributed by atoms with Crippen molar-refractivity contribution in [3.05, 3.63) is 51.6 Å². The van der Waals surface area contributed by atoms with E-state index in [4.69, 9.17) is 18.9 Å². The fourth-order valence-corrected chi connectivity index (χ4v) is 3.98. The molecule has 0 fully saturated rings. The topological polar surface area (TPSA) is 85.9 Å². The van der Waals surface area contributed by atoms with Crippen molar-refractivity contribution >= 4 is 10.9 Å². The number of hydrogen-bond donors (Lipinski definition) is 1. The Morgan fingerprint density at radius 2 is 1.73 bits per heavy atom. The van der Waals surface area contributed by atoms with Crippen molar-refractivity contribution in [2.75, 3.05) is 35.0 Å². The molecule has 0 saturated heterocycles. The Morgan fingerprint density at radius 3 is 2.43 bits per heavy atom. The van der Waals surface area contributed by atoms with Crippen molar-refractivity contribution in [3.63, 3.8) is 0 Å². The third-order valence-corrected chi connectivity index (χ3v) is 5.45. The standard InChI is InChI=1S/C22H25N3O5/c1-27-17-6-5-13-11-25(8-7-14(13)21(17)30-4)12-20-23-16-10-19(29-3)18(28-2)9-15(16)22(26)24-20/h5-6,9-10H,7-8,11-12H2,1-4H3,(H,23,24,26). The van der Waals surface area contributed by atoms with Gasteiger partial charge in [0.1, 0.15) is 5.82 Å². The molecule has 0 spiro atoms. The molecule has 158 valence electrons. The average Bonchev–Trinajstić information content (AvgIpc) is 2.77. The number of H-pyrrole nitrogens is 1. The molecule has 0 atom stereocenters. The third-order valence-electron chi connectivity index (χ3n) is 5.45. The number of hydrogen-bond acceptors (Lipinski definition) is 7. The van der Waals surface area contributed by atoms with Gasteiger partial charge in [-0.2, -0.15) is 0 Å². The number of methoxy groups -OCH3 is 4. The lowest BCUT2D eigenvalue weighted by Crippen LogP contribution is -2.31. The summed E-state index contributed by atoms with van der Waals surface area (Å²) in [6, 6.07) is 7.38. The van der Waals surface area contributed by atoms with Crippen LogP contribution in [0, 0.1) is 0 Å². The second-order valence-corrected chi connectivity index (χ2v) is 7.14. The van der Waals surface area contributed by atoms with E-state index in [1.807, 2.05) is 6.07 Å². The summed E-state index contributed by atoms with van der Waals surface area (Å²) in [4.78, 5) is 22.4. The van der Waals surface area contributed by atoms with Crippen LogP contribution in [0.2, 0.25) is 0 Å². The molecule has 2 aromatic carbocycles. The van der Waals surface area contributed by atoms with Crippen molar-refractivity contribution in [1.82, 2.24) is 14.9 Å². The van der Waals surface area contributed by atoms with E-state index in [1.165, 1.54) is 11.1 Å². The van der Waals surface area contributed by atoms with Gasteiger partial charge < -0.3 is 23.9 Å². The summed E-state index contributed by atoms with van der Waals surface area (Å²) >= 11 is 0. The van der Waals surface area contributed by atoms with Crippen LogP contribution in [0.5, 0.6) is 23.0 Å². The first-order valence-corrected chi connectivity index (χ1v) is 9.68. The Bertz CT molecular complexity index is 1140. The van der Waals surface area contributed by atoms with Gasteiger partial charge in [-0.3, -0.25) is 9.69 Å². The van der Waals surface area contributed by atoms with Gasteiger partial charge in [0.15, 0.2) is 23.0 Å². The summed E-state index contributed by atoms with van der Waals surface area (Å²) in [5.41, 5.74) is 2.74. The lowest BCUT2D eigenvalue weighted by molar-refractivity contribution is 0.235. The highest BCUT2D eigenvalue weighted by Crippen LogP contribution is 2.36. The molecular formula is C22H25N3O5. The van der Waals surface area contributed by atoms with Gasteiger partial charge in [0.2, 0.25) is 0 Å². The zero-order chi connectivity index (χ0) is 21.3. The smallest absolute Gasteiger partial charge is 0.258 e. The van der Waals surface area contributed by atoms with Crippen LogP contribution in [-0.2, 0) is 19.5 Å². The number of ether oxygens (including phenoxy) is 4. The minimum atomic E-state index is -0.195. The van der Waals surface area contributed by atoms with E-state index in [0.29, 0.717) is 34.8 Å².